The lowest BCUT2D eigenvalue weighted by molar-refractivity contribution is -0.132. The highest BCUT2D eigenvalue weighted by Crippen LogP contribution is 2.21. The van der Waals surface area contributed by atoms with Gasteiger partial charge in [0.25, 0.3) is 0 Å². The predicted octanol–water partition coefficient (Wildman–Crippen LogP) is -1.06. The first-order valence-electron chi connectivity index (χ1n) is 4.77. The third-order valence-corrected chi connectivity index (χ3v) is 2.94. The molecule has 2 amide bonds. The molecule has 5 nitrogen and oxygen atoms in total. The maximum absolute atomic E-state index is 11.6. The Hall–Kier alpha value is -0.940. The van der Waals surface area contributed by atoms with E-state index >= 15 is 0 Å². The second-order valence-electron chi connectivity index (χ2n) is 3.73. The molecule has 0 aliphatic carbocycles. The second-order valence-corrected chi connectivity index (χ2v) is 3.73. The number of hydrogen-bond acceptors (Lipinski definition) is 4. The maximum Gasteiger partial charge on any atom is 0.246 e. The molecule has 0 spiro atoms. The number of piperidine rings is 1. The molecule has 0 radical (unpaired) electrons. The normalized spacial score (nSPS) is 21.6. The van der Waals surface area contributed by atoms with E-state index in [0.29, 0.717) is 6.41 Å². The molecule has 80 valence electrons. The number of likely N-dealkylation sites (N-methyl/N-ethyl adjacent to an activating group) is 1. The second kappa shape index (κ2) is 4.52. The lowest BCUT2D eigenvalue weighted by Crippen LogP contribution is -2.60. The Morgan fingerprint density at radius 1 is 1.43 bits per heavy atom. The molecular weight excluding hydrogens is 182 g/mol. The molecule has 0 aromatic heterocycles. The fourth-order valence-electron chi connectivity index (χ4n) is 1.78. The number of carbonyl (C=O) groups is 2. The van der Waals surface area contributed by atoms with E-state index in [9.17, 15) is 9.59 Å². The molecular formula is C9H17N3O2. The first-order chi connectivity index (χ1) is 6.64. The Morgan fingerprint density at radius 2 is 2.00 bits per heavy atom. The van der Waals surface area contributed by atoms with Gasteiger partial charge in [-0.15, -0.1) is 0 Å². The fourth-order valence-corrected chi connectivity index (χ4v) is 1.78. The van der Waals surface area contributed by atoms with E-state index in [1.165, 1.54) is 0 Å². The smallest absolute Gasteiger partial charge is 0.246 e. The number of nitrogens with one attached hydrogen (secondary N) is 2. The van der Waals surface area contributed by atoms with Crippen LogP contribution >= 0.6 is 0 Å². The molecule has 0 unspecified atom stereocenters. The van der Waals surface area contributed by atoms with Crippen LogP contribution in [0.1, 0.15) is 12.8 Å². The highest BCUT2D eigenvalue weighted by molar-refractivity contribution is 5.93. The van der Waals surface area contributed by atoms with Gasteiger partial charge in [0.1, 0.15) is 5.54 Å². The Kier molecular flexibility index (Phi) is 3.60. The minimum atomic E-state index is -0.562. The summed E-state index contributed by atoms with van der Waals surface area (Å²) in [6, 6.07) is 0. The van der Waals surface area contributed by atoms with Gasteiger partial charge < -0.3 is 10.2 Å². The molecule has 1 saturated heterocycles. The van der Waals surface area contributed by atoms with Crippen LogP contribution in [0.4, 0.5) is 0 Å². The van der Waals surface area contributed by atoms with Gasteiger partial charge in [-0.3, -0.25) is 14.9 Å². The van der Waals surface area contributed by atoms with Crippen LogP contribution in [0.3, 0.4) is 0 Å². The van der Waals surface area contributed by atoms with Crippen LogP contribution < -0.4 is 10.6 Å². The van der Waals surface area contributed by atoms with Gasteiger partial charge in [0.05, 0.1) is 0 Å². The zero-order valence-electron chi connectivity index (χ0n) is 8.67. The molecule has 1 heterocycles. The quantitative estimate of drug-likeness (QED) is 0.569. The van der Waals surface area contributed by atoms with E-state index in [-0.39, 0.29) is 5.91 Å². The first-order valence-corrected chi connectivity index (χ1v) is 4.77. The Balaban J connectivity index is 2.66. The Morgan fingerprint density at radius 3 is 2.43 bits per heavy atom. The van der Waals surface area contributed by atoms with Gasteiger partial charge in [-0.1, -0.05) is 0 Å². The average molecular weight is 199 g/mol. The van der Waals surface area contributed by atoms with E-state index in [2.05, 4.69) is 15.5 Å². The summed E-state index contributed by atoms with van der Waals surface area (Å²) in [6.45, 7) is 1.74. The molecule has 14 heavy (non-hydrogen) atoms. The van der Waals surface area contributed by atoms with Crippen molar-refractivity contribution in [3.8, 4) is 0 Å². The summed E-state index contributed by atoms with van der Waals surface area (Å²) in [6.07, 6.45) is 1.92. The van der Waals surface area contributed by atoms with E-state index < -0.39 is 5.54 Å². The van der Waals surface area contributed by atoms with Crippen molar-refractivity contribution in [1.29, 1.82) is 0 Å². The van der Waals surface area contributed by atoms with Crippen molar-refractivity contribution in [2.75, 3.05) is 27.2 Å². The largest absolute Gasteiger partial charge is 0.306 e. The van der Waals surface area contributed by atoms with E-state index in [0.717, 1.165) is 25.9 Å². The number of rotatable bonds is 3. The van der Waals surface area contributed by atoms with Gasteiger partial charge in [0.2, 0.25) is 12.3 Å². The average Bonchev–Trinajstić information content (AvgIpc) is 2.20. The van der Waals surface area contributed by atoms with Gasteiger partial charge >= 0.3 is 0 Å². The molecule has 0 atom stereocenters. The Bertz CT molecular complexity index is 222. The van der Waals surface area contributed by atoms with Crippen molar-refractivity contribution in [1.82, 2.24) is 15.5 Å². The molecule has 0 aromatic rings. The predicted molar refractivity (Wildman–Crippen MR) is 52.7 cm³/mol. The minimum absolute atomic E-state index is 0.219. The zero-order valence-corrected chi connectivity index (χ0v) is 8.67. The topological polar surface area (TPSA) is 61.4 Å². The monoisotopic (exact) mass is 199 g/mol. The van der Waals surface area contributed by atoms with Gasteiger partial charge in [-0.2, -0.15) is 0 Å². The van der Waals surface area contributed by atoms with Gasteiger partial charge in [0, 0.05) is 13.1 Å². The van der Waals surface area contributed by atoms with Crippen molar-refractivity contribution in [2.24, 2.45) is 0 Å². The zero-order chi connectivity index (χ0) is 10.6. The molecule has 1 aliphatic rings. The van der Waals surface area contributed by atoms with E-state index in [4.69, 9.17) is 0 Å². The van der Waals surface area contributed by atoms with E-state index in [1.54, 1.807) is 7.05 Å². The third kappa shape index (κ3) is 2.10. The lowest BCUT2D eigenvalue weighted by Gasteiger charge is -2.38. The van der Waals surface area contributed by atoms with Gasteiger partial charge in [0.15, 0.2) is 0 Å². The summed E-state index contributed by atoms with van der Waals surface area (Å²) >= 11 is 0. The summed E-state index contributed by atoms with van der Waals surface area (Å²) in [7, 11) is 3.78. The van der Waals surface area contributed by atoms with Crippen LogP contribution in [0.15, 0.2) is 0 Å². The minimum Gasteiger partial charge on any atom is -0.306 e. The van der Waals surface area contributed by atoms with Crippen molar-refractivity contribution < 1.29 is 9.59 Å². The molecule has 1 rings (SSSR count). The molecule has 5 heteroatoms. The number of imide groups is 1. The summed E-state index contributed by atoms with van der Waals surface area (Å²) < 4.78 is 0. The summed E-state index contributed by atoms with van der Waals surface area (Å²) in [5.74, 6) is -0.219. The fraction of sp³-hybridized carbons (Fsp3) is 0.778. The summed E-state index contributed by atoms with van der Waals surface area (Å²) in [4.78, 5) is 24.0. The molecule has 0 bridgehead atoms. The van der Waals surface area contributed by atoms with Crippen molar-refractivity contribution in [3.63, 3.8) is 0 Å². The van der Waals surface area contributed by atoms with E-state index in [1.807, 2.05) is 7.05 Å². The number of hydrogen-bond donors (Lipinski definition) is 2. The Labute approximate surface area is 83.8 Å². The van der Waals surface area contributed by atoms with Crippen LogP contribution in [-0.4, -0.2) is 49.9 Å². The highest BCUT2D eigenvalue weighted by atomic mass is 16.2. The van der Waals surface area contributed by atoms with Gasteiger partial charge in [-0.05, 0) is 26.9 Å². The van der Waals surface area contributed by atoms with Crippen molar-refractivity contribution in [3.05, 3.63) is 0 Å². The number of carbonyl (C=O) groups excluding carboxylic acids is 2. The number of likely N-dealkylation sites (tertiary alicyclic amines) is 1. The molecule has 0 aromatic carbocycles. The first kappa shape index (κ1) is 11.1. The van der Waals surface area contributed by atoms with Crippen LogP contribution in [0.2, 0.25) is 0 Å². The molecule has 1 aliphatic heterocycles. The van der Waals surface area contributed by atoms with Crippen LogP contribution in [0.25, 0.3) is 0 Å². The summed E-state index contributed by atoms with van der Waals surface area (Å²) in [5, 5.41) is 5.25. The third-order valence-electron chi connectivity index (χ3n) is 2.94. The van der Waals surface area contributed by atoms with Crippen molar-refractivity contribution >= 4 is 12.3 Å². The van der Waals surface area contributed by atoms with Gasteiger partial charge in [-0.25, -0.2) is 0 Å². The van der Waals surface area contributed by atoms with Crippen molar-refractivity contribution in [2.45, 2.75) is 18.4 Å². The molecule has 1 fully saturated rings. The SMILES string of the molecule is CNC1(C(=O)NC=O)CCN(C)CC1. The summed E-state index contributed by atoms with van der Waals surface area (Å²) in [5.41, 5.74) is -0.562. The maximum atomic E-state index is 11.6. The highest BCUT2D eigenvalue weighted by Gasteiger charge is 2.38. The number of nitrogens with zero attached hydrogens (tertiary/aromatic N) is 1. The van der Waals surface area contributed by atoms with Crippen LogP contribution in [-0.2, 0) is 9.59 Å². The molecule has 0 saturated carbocycles. The standard InChI is InChI=1S/C9H17N3O2/c1-10-9(8(14)11-7-13)3-5-12(2)6-4-9/h7,10H,3-6H2,1-2H3,(H,11,13,14). The number of amides is 2. The van der Waals surface area contributed by atoms with Crippen LogP contribution in [0.5, 0.6) is 0 Å². The van der Waals surface area contributed by atoms with Crippen LogP contribution in [0, 0.1) is 0 Å². The lowest BCUT2D eigenvalue weighted by atomic mass is 9.87. The molecule has 2 N–H and O–H groups in total.